The molecule has 0 spiro atoms. The maximum Gasteiger partial charge on any atom is 0.285 e. The fourth-order valence-electron chi connectivity index (χ4n) is 2.33. The first-order valence-corrected chi connectivity index (χ1v) is 8.58. The van der Waals surface area contributed by atoms with E-state index in [9.17, 15) is 0 Å². The highest BCUT2D eigenvalue weighted by Crippen LogP contribution is 2.17. The second kappa shape index (κ2) is 8.85. The highest BCUT2D eigenvalue weighted by molar-refractivity contribution is 14.1. The number of nitrogens with one attached hydrogen (secondary N) is 2. The van der Waals surface area contributed by atoms with Crippen LogP contribution in [0, 0.1) is 10.5 Å². The third-order valence-corrected chi connectivity index (χ3v) is 4.54. The maximum absolute atomic E-state index is 3.54. The first kappa shape index (κ1) is 18.5. The van der Waals surface area contributed by atoms with Gasteiger partial charge in [-0.2, -0.15) is 0 Å². The van der Waals surface area contributed by atoms with Gasteiger partial charge in [-0.1, -0.05) is 48.5 Å². The number of para-hydroxylation sites is 2. The number of amidine groups is 1. The van der Waals surface area contributed by atoms with Crippen molar-refractivity contribution in [3.63, 3.8) is 0 Å². The average molecular weight is 449 g/mol. The molecule has 0 heterocycles. The Morgan fingerprint density at radius 1 is 0.833 bits per heavy atom. The Hall–Kier alpha value is -1.85. The van der Waals surface area contributed by atoms with Gasteiger partial charge in [0.2, 0.25) is 0 Å². The number of anilines is 1. The summed E-state index contributed by atoms with van der Waals surface area (Å²) in [5, 5.41) is 3.54. The molecule has 2 N–H and O–H groups in total. The standard InChI is InChI=1S/C20H17IN2.ClH/c1-15-9-5-7-13-18(15)22-20(16-10-3-2-4-11-16)23-19-14-8-6-12-17(19)21;/h2-14H,1H3,(H,22,23);1H. The van der Waals surface area contributed by atoms with Gasteiger partial charge in [0.1, 0.15) is 11.4 Å². The van der Waals surface area contributed by atoms with E-state index in [1.807, 2.05) is 36.4 Å². The minimum atomic E-state index is 0. The first-order chi connectivity index (χ1) is 11.2. The molecule has 3 aromatic carbocycles. The lowest BCUT2D eigenvalue weighted by atomic mass is 10.1. The van der Waals surface area contributed by atoms with E-state index < -0.39 is 0 Å². The molecule has 0 amide bonds. The second-order valence-corrected chi connectivity index (χ2v) is 6.45. The molecule has 122 valence electrons. The Labute approximate surface area is 162 Å². The van der Waals surface area contributed by atoms with Crippen LogP contribution in [0.3, 0.4) is 0 Å². The first-order valence-electron chi connectivity index (χ1n) is 7.50. The molecule has 0 atom stereocenters. The summed E-state index contributed by atoms with van der Waals surface area (Å²) in [6.07, 6.45) is 0. The van der Waals surface area contributed by atoms with Gasteiger partial charge in [-0.3, -0.25) is 0 Å². The smallest absolute Gasteiger partial charge is 0.285 e. The van der Waals surface area contributed by atoms with E-state index in [-0.39, 0.29) is 12.4 Å². The van der Waals surface area contributed by atoms with E-state index in [0.29, 0.717) is 0 Å². The lowest BCUT2D eigenvalue weighted by molar-refractivity contribution is -0.353. The Kier molecular flexibility index (Phi) is 6.82. The van der Waals surface area contributed by atoms with E-state index in [4.69, 9.17) is 0 Å². The van der Waals surface area contributed by atoms with Crippen LogP contribution in [-0.4, -0.2) is 5.84 Å². The number of halogens is 2. The van der Waals surface area contributed by atoms with Gasteiger partial charge in [0, 0.05) is 0 Å². The highest BCUT2D eigenvalue weighted by atomic mass is 127. The molecule has 0 bridgehead atoms. The van der Waals surface area contributed by atoms with Crippen LogP contribution in [0.4, 0.5) is 11.4 Å². The lowest BCUT2D eigenvalue weighted by Gasteiger charge is -2.06. The predicted molar refractivity (Wildman–Crippen MR) is 105 cm³/mol. The van der Waals surface area contributed by atoms with Crippen molar-refractivity contribution in [2.45, 2.75) is 6.92 Å². The molecule has 0 unspecified atom stereocenters. The Morgan fingerprint density at radius 3 is 2.17 bits per heavy atom. The lowest BCUT2D eigenvalue weighted by Crippen LogP contribution is -3.00. The van der Waals surface area contributed by atoms with Crippen molar-refractivity contribution in [1.82, 2.24) is 0 Å². The molecule has 2 nitrogen and oxygen atoms in total. The zero-order valence-electron chi connectivity index (χ0n) is 13.3. The summed E-state index contributed by atoms with van der Waals surface area (Å²) in [6.45, 7) is 2.11. The highest BCUT2D eigenvalue weighted by Gasteiger charge is 2.14. The molecule has 0 radical (unpaired) electrons. The SMILES string of the molecule is Cc1ccccc1[NH+]=C(Nc1ccccc1I)c1ccccc1.[Cl-]. The van der Waals surface area contributed by atoms with Gasteiger partial charge in [0.15, 0.2) is 0 Å². The molecule has 0 aliphatic carbocycles. The summed E-state index contributed by atoms with van der Waals surface area (Å²) in [7, 11) is 0. The van der Waals surface area contributed by atoms with Crippen LogP contribution in [0.15, 0.2) is 78.9 Å². The van der Waals surface area contributed by atoms with Gasteiger partial charge in [-0.15, -0.1) is 0 Å². The summed E-state index contributed by atoms with van der Waals surface area (Å²) in [4.78, 5) is 3.54. The molecule has 0 aliphatic heterocycles. The molecule has 0 aromatic heterocycles. The van der Waals surface area contributed by atoms with Gasteiger partial charge in [0.05, 0.1) is 9.13 Å². The van der Waals surface area contributed by atoms with Crippen molar-refractivity contribution >= 4 is 39.8 Å². The van der Waals surface area contributed by atoms with Crippen molar-refractivity contribution < 1.29 is 17.4 Å². The molecule has 0 fully saturated rings. The van der Waals surface area contributed by atoms with Crippen LogP contribution >= 0.6 is 22.6 Å². The molecule has 4 heteroatoms. The van der Waals surface area contributed by atoms with E-state index in [2.05, 4.69) is 82.3 Å². The number of rotatable bonds is 3. The fraction of sp³-hybridized carbons (Fsp3) is 0.0500. The number of aryl methyl sites for hydroxylation is 1. The summed E-state index contributed by atoms with van der Waals surface area (Å²) >= 11 is 2.35. The van der Waals surface area contributed by atoms with Crippen molar-refractivity contribution in [2.75, 3.05) is 5.32 Å². The largest absolute Gasteiger partial charge is 1.00 e. The van der Waals surface area contributed by atoms with Crippen LogP contribution in [-0.2, 0) is 0 Å². The van der Waals surface area contributed by atoms with Crippen LogP contribution in [0.25, 0.3) is 0 Å². The van der Waals surface area contributed by atoms with Crippen molar-refractivity contribution in [2.24, 2.45) is 0 Å². The molecular formula is C20H18ClIN2. The minimum Gasteiger partial charge on any atom is -1.00 e. The van der Waals surface area contributed by atoms with Crippen molar-refractivity contribution in [1.29, 1.82) is 0 Å². The van der Waals surface area contributed by atoms with E-state index >= 15 is 0 Å². The van der Waals surface area contributed by atoms with Gasteiger partial charge in [-0.05, 0) is 65.4 Å². The van der Waals surface area contributed by atoms with Gasteiger partial charge in [-0.25, -0.2) is 10.3 Å². The van der Waals surface area contributed by atoms with Crippen molar-refractivity contribution in [3.8, 4) is 0 Å². The number of hydrogen-bond acceptors (Lipinski definition) is 0. The van der Waals surface area contributed by atoms with Crippen LogP contribution in [0.1, 0.15) is 11.1 Å². The van der Waals surface area contributed by atoms with E-state index in [1.54, 1.807) is 0 Å². The van der Waals surface area contributed by atoms with Crippen LogP contribution < -0.4 is 22.7 Å². The average Bonchev–Trinajstić information content (AvgIpc) is 2.59. The number of hydrogen-bond donors (Lipinski definition) is 2. The zero-order valence-corrected chi connectivity index (χ0v) is 16.2. The Balaban J connectivity index is 0.00000208. The van der Waals surface area contributed by atoms with Gasteiger partial charge < -0.3 is 12.4 Å². The van der Waals surface area contributed by atoms with E-state index in [1.165, 1.54) is 9.13 Å². The Morgan fingerprint density at radius 2 is 1.46 bits per heavy atom. The summed E-state index contributed by atoms with van der Waals surface area (Å²) in [6, 6.07) is 26.9. The summed E-state index contributed by atoms with van der Waals surface area (Å²) < 4.78 is 1.19. The quantitative estimate of drug-likeness (QED) is 0.347. The second-order valence-electron chi connectivity index (χ2n) is 5.29. The van der Waals surface area contributed by atoms with Crippen LogP contribution in [0.5, 0.6) is 0 Å². The number of benzene rings is 3. The Bertz CT molecular complexity index is 832. The normalized spacial score (nSPS) is 10.8. The third-order valence-electron chi connectivity index (χ3n) is 3.60. The van der Waals surface area contributed by atoms with E-state index in [0.717, 1.165) is 22.8 Å². The summed E-state index contributed by atoms with van der Waals surface area (Å²) in [5.41, 5.74) is 4.53. The monoisotopic (exact) mass is 448 g/mol. The fourth-order valence-corrected chi connectivity index (χ4v) is 2.85. The topological polar surface area (TPSA) is 26.0 Å². The summed E-state index contributed by atoms with van der Waals surface area (Å²) in [5.74, 6) is 0.976. The van der Waals surface area contributed by atoms with Gasteiger partial charge >= 0.3 is 0 Å². The molecular weight excluding hydrogens is 431 g/mol. The molecule has 3 rings (SSSR count). The molecule has 0 aliphatic rings. The minimum absolute atomic E-state index is 0. The van der Waals surface area contributed by atoms with Crippen LogP contribution in [0.2, 0.25) is 0 Å². The molecule has 0 saturated carbocycles. The van der Waals surface area contributed by atoms with Gasteiger partial charge in [0.25, 0.3) is 5.84 Å². The maximum atomic E-state index is 3.54. The molecule has 3 aromatic rings. The zero-order chi connectivity index (χ0) is 16.1. The predicted octanol–water partition coefficient (Wildman–Crippen LogP) is 0.875. The molecule has 0 saturated heterocycles. The third kappa shape index (κ3) is 4.58. The van der Waals surface area contributed by atoms with Crippen molar-refractivity contribution in [3.05, 3.63) is 93.6 Å². The molecule has 24 heavy (non-hydrogen) atoms.